The number of anilines is 2. The fourth-order valence-electron chi connectivity index (χ4n) is 1.58. The van der Waals surface area contributed by atoms with Gasteiger partial charge in [-0.2, -0.15) is 0 Å². The Hall–Kier alpha value is -1.78. The molecule has 2 N–H and O–H groups in total. The lowest BCUT2D eigenvalue weighted by Crippen LogP contribution is -2.14. The van der Waals surface area contributed by atoms with E-state index in [9.17, 15) is 4.79 Å². The summed E-state index contributed by atoms with van der Waals surface area (Å²) < 4.78 is 0. The van der Waals surface area contributed by atoms with Crippen molar-refractivity contribution in [2.24, 2.45) is 0 Å². The van der Waals surface area contributed by atoms with E-state index < -0.39 is 0 Å². The van der Waals surface area contributed by atoms with Crippen molar-refractivity contribution in [3.05, 3.63) is 52.3 Å². The Kier molecular flexibility index (Phi) is 4.24. The van der Waals surface area contributed by atoms with Gasteiger partial charge in [0.25, 0.3) is 5.91 Å². The summed E-state index contributed by atoms with van der Waals surface area (Å²) in [4.78, 5) is 16.1. The van der Waals surface area contributed by atoms with E-state index in [0.717, 1.165) is 0 Å². The number of nitrogens with one attached hydrogen (secondary N) is 2. The summed E-state index contributed by atoms with van der Waals surface area (Å²) in [7, 11) is 1.73. The molecule has 0 unspecified atom stereocenters. The molecule has 6 heteroatoms. The molecule has 0 atom stereocenters. The highest BCUT2D eigenvalue weighted by molar-refractivity contribution is 6.36. The number of benzene rings is 1. The molecule has 0 fully saturated rings. The van der Waals surface area contributed by atoms with E-state index in [4.69, 9.17) is 23.2 Å². The first kappa shape index (κ1) is 13.6. The van der Waals surface area contributed by atoms with Crippen LogP contribution in [-0.2, 0) is 0 Å². The van der Waals surface area contributed by atoms with Crippen LogP contribution in [0.2, 0.25) is 10.0 Å². The van der Waals surface area contributed by atoms with E-state index in [1.165, 1.54) is 6.20 Å². The Balaban J connectivity index is 2.28. The summed E-state index contributed by atoms with van der Waals surface area (Å²) in [6.45, 7) is 0. The summed E-state index contributed by atoms with van der Waals surface area (Å²) in [5, 5.41) is 6.56. The van der Waals surface area contributed by atoms with Gasteiger partial charge in [0.15, 0.2) is 0 Å². The number of hydrogen-bond donors (Lipinski definition) is 2. The van der Waals surface area contributed by atoms with Crippen LogP contribution in [-0.4, -0.2) is 17.9 Å². The molecular formula is C13H11Cl2N3O. The Morgan fingerprint density at radius 2 is 2.00 bits per heavy atom. The first-order valence-electron chi connectivity index (χ1n) is 5.50. The number of aromatic nitrogens is 1. The number of hydrogen-bond acceptors (Lipinski definition) is 3. The largest absolute Gasteiger partial charge is 0.387 e. The average Bonchev–Trinajstić information content (AvgIpc) is 2.42. The molecule has 0 radical (unpaired) electrons. The van der Waals surface area contributed by atoms with Crippen LogP contribution in [0.1, 0.15) is 10.4 Å². The second-order valence-electron chi connectivity index (χ2n) is 3.75. The molecule has 0 saturated heterocycles. The molecule has 98 valence electrons. The molecule has 1 aromatic heterocycles. The monoisotopic (exact) mass is 295 g/mol. The van der Waals surface area contributed by atoms with Gasteiger partial charge in [-0.1, -0.05) is 23.2 Å². The topological polar surface area (TPSA) is 54.0 Å². The number of carbonyl (C=O) groups is 1. The van der Waals surface area contributed by atoms with Gasteiger partial charge in [-0.05, 0) is 24.3 Å². The van der Waals surface area contributed by atoms with Gasteiger partial charge in [-0.15, -0.1) is 0 Å². The zero-order chi connectivity index (χ0) is 13.8. The number of pyridine rings is 1. The lowest BCUT2D eigenvalue weighted by molar-refractivity contribution is 0.102. The molecule has 2 rings (SSSR count). The molecule has 0 spiro atoms. The van der Waals surface area contributed by atoms with Crippen molar-refractivity contribution in [2.45, 2.75) is 0 Å². The van der Waals surface area contributed by atoms with Crippen LogP contribution in [0.25, 0.3) is 0 Å². The highest BCUT2D eigenvalue weighted by Crippen LogP contribution is 2.26. The smallest absolute Gasteiger partial charge is 0.259 e. The molecule has 19 heavy (non-hydrogen) atoms. The summed E-state index contributed by atoms with van der Waals surface area (Å²) >= 11 is 11.9. The Labute approximate surface area is 120 Å². The summed E-state index contributed by atoms with van der Waals surface area (Å²) in [5.74, 6) is -0.304. The van der Waals surface area contributed by atoms with Crippen LogP contribution in [0.4, 0.5) is 11.4 Å². The normalized spacial score (nSPS) is 10.1. The fourth-order valence-corrected chi connectivity index (χ4v) is 1.91. The van der Waals surface area contributed by atoms with Crippen molar-refractivity contribution in [3.8, 4) is 0 Å². The van der Waals surface area contributed by atoms with Crippen LogP contribution in [0.5, 0.6) is 0 Å². The second-order valence-corrected chi connectivity index (χ2v) is 4.59. The molecule has 0 saturated carbocycles. The number of nitrogens with zero attached hydrogens (tertiary/aromatic N) is 1. The highest BCUT2D eigenvalue weighted by atomic mass is 35.5. The average molecular weight is 296 g/mol. The van der Waals surface area contributed by atoms with E-state index in [1.807, 2.05) is 0 Å². The molecule has 1 heterocycles. The van der Waals surface area contributed by atoms with E-state index in [0.29, 0.717) is 27.0 Å². The van der Waals surface area contributed by atoms with Crippen LogP contribution < -0.4 is 10.6 Å². The number of amides is 1. The van der Waals surface area contributed by atoms with Crippen molar-refractivity contribution in [3.63, 3.8) is 0 Å². The Morgan fingerprint density at radius 3 is 2.74 bits per heavy atom. The van der Waals surface area contributed by atoms with Crippen molar-refractivity contribution in [2.75, 3.05) is 17.7 Å². The molecular weight excluding hydrogens is 285 g/mol. The third-order valence-corrected chi connectivity index (χ3v) is 3.08. The molecule has 0 bridgehead atoms. The van der Waals surface area contributed by atoms with E-state index in [1.54, 1.807) is 37.5 Å². The van der Waals surface area contributed by atoms with E-state index >= 15 is 0 Å². The molecule has 4 nitrogen and oxygen atoms in total. The predicted octanol–water partition coefficient (Wildman–Crippen LogP) is 3.68. The number of rotatable bonds is 3. The Morgan fingerprint density at radius 1 is 1.21 bits per heavy atom. The zero-order valence-corrected chi connectivity index (χ0v) is 11.6. The van der Waals surface area contributed by atoms with Gasteiger partial charge < -0.3 is 10.6 Å². The summed E-state index contributed by atoms with van der Waals surface area (Å²) in [5.41, 5.74) is 1.58. The summed E-state index contributed by atoms with van der Waals surface area (Å²) in [6.07, 6.45) is 3.09. The highest BCUT2D eigenvalue weighted by Gasteiger charge is 2.12. The van der Waals surface area contributed by atoms with Gasteiger partial charge >= 0.3 is 0 Å². The molecule has 0 aliphatic rings. The van der Waals surface area contributed by atoms with Gasteiger partial charge in [-0.25, -0.2) is 0 Å². The molecule has 2 aromatic rings. The number of carbonyl (C=O) groups excluding carboxylic acids is 1. The number of halogens is 2. The zero-order valence-electron chi connectivity index (χ0n) is 10.1. The van der Waals surface area contributed by atoms with Gasteiger partial charge in [0.2, 0.25) is 0 Å². The van der Waals surface area contributed by atoms with Crippen molar-refractivity contribution in [1.29, 1.82) is 0 Å². The second kappa shape index (κ2) is 5.91. The van der Waals surface area contributed by atoms with Gasteiger partial charge in [-0.3, -0.25) is 9.78 Å². The minimum atomic E-state index is -0.304. The third-order valence-electron chi connectivity index (χ3n) is 2.51. The molecule has 0 aliphatic carbocycles. The van der Waals surface area contributed by atoms with Crippen molar-refractivity contribution < 1.29 is 4.79 Å². The lowest BCUT2D eigenvalue weighted by atomic mass is 10.2. The van der Waals surface area contributed by atoms with E-state index in [2.05, 4.69) is 15.6 Å². The standard InChI is InChI=1S/C13H11Cl2N3O/c1-16-11-4-5-17-7-9(11)13(19)18-12-6-8(14)2-3-10(12)15/h2-7H,1H3,(H,16,17)(H,18,19). The minimum absolute atomic E-state index is 0.304. The predicted molar refractivity (Wildman–Crippen MR) is 78.2 cm³/mol. The molecule has 1 amide bonds. The van der Waals surface area contributed by atoms with Crippen LogP contribution in [0.3, 0.4) is 0 Å². The van der Waals surface area contributed by atoms with Crippen molar-refractivity contribution >= 4 is 40.5 Å². The maximum atomic E-state index is 12.2. The summed E-state index contributed by atoms with van der Waals surface area (Å²) in [6, 6.07) is 6.59. The third kappa shape index (κ3) is 3.16. The van der Waals surface area contributed by atoms with Crippen LogP contribution in [0, 0.1) is 0 Å². The quantitative estimate of drug-likeness (QED) is 0.908. The SMILES string of the molecule is CNc1ccncc1C(=O)Nc1cc(Cl)ccc1Cl. The van der Waals surface area contributed by atoms with Crippen LogP contribution >= 0.6 is 23.2 Å². The Bertz CT molecular complexity index is 617. The van der Waals surface area contributed by atoms with Gasteiger partial charge in [0, 0.05) is 30.2 Å². The maximum absolute atomic E-state index is 12.2. The van der Waals surface area contributed by atoms with Crippen molar-refractivity contribution in [1.82, 2.24) is 4.98 Å². The van der Waals surface area contributed by atoms with Crippen LogP contribution in [0.15, 0.2) is 36.7 Å². The first-order valence-corrected chi connectivity index (χ1v) is 6.25. The van der Waals surface area contributed by atoms with E-state index in [-0.39, 0.29) is 5.91 Å². The molecule has 1 aromatic carbocycles. The first-order chi connectivity index (χ1) is 9.11. The molecule has 0 aliphatic heterocycles. The maximum Gasteiger partial charge on any atom is 0.259 e. The lowest BCUT2D eigenvalue weighted by Gasteiger charge is -2.10. The minimum Gasteiger partial charge on any atom is -0.387 e. The fraction of sp³-hybridized carbons (Fsp3) is 0.0769. The van der Waals surface area contributed by atoms with Gasteiger partial charge in [0.05, 0.1) is 16.3 Å². The van der Waals surface area contributed by atoms with Gasteiger partial charge in [0.1, 0.15) is 0 Å².